The topological polar surface area (TPSA) is 115 Å². The van der Waals surface area contributed by atoms with Crippen molar-refractivity contribution in [1.29, 1.82) is 0 Å². The van der Waals surface area contributed by atoms with Crippen LogP contribution in [0.2, 0.25) is 0 Å². The molecule has 1 aromatic carbocycles. The maximum atomic E-state index is 13.5. The second-order valence-corrected chi connectivity index (χ2v) is 8.10. The van der Waals surface area contributed by atoms with Crippen molar-refractivity contribution in [3.8, 4) is 5.82 Å². The number of rotatable bonds is 2. The van der Waals surface area contributed by atoms with Crippen molar-refractivity contribution in [3.05, 3.63) is 61.7 Å². The van der Waals surface area contributed by atoms with E-state index in [-0.39, 0.29) is 17.4 Å². The highest BCUT2D eigenvalue weighted by atomic mass is 16.2. The van der Waals surface area contributed by atoms with Crippen molar-refractivity contribution in [2.45, 2.75) is 50.7 Å². The summed E-state index contributed by atoms with van der Waals surface area (Å²) in [7, 11) is 0. The van der Waals surface area contributed by atoms with Gasteiger partial charge < -0.3 is 9.88 Å². The van der Waals surface area contributed by atoms with Crippen LogP contribution < -0.4 is 22.1 Å². The minimum absolute atomic E-state index is 0.00612. The Morgan fingerprint density at radius 2 is 1.93 bits per heavy atom. The zero-order chi connectivity index (χ0) is 20.1. The Morgan fingerprint density at radius 1 is 1.10 bits per heavy atom. The summed E-state index contributed by atoms with van der Waals surface area (Å²) in [6.07, 6.45) is 4.96. The van der Waals surface area contributed by atoms with Crippen molar-refractivity contribution in [1.82, 2.24) is 29.6 Å². The number of aromatic nitrogens is 5. The highest BCUT2D eigenvalue weighted by Gasteiger charge is 2.37. The monoisotopic (exact) mass is 394 g/mol. The molecule has 9 heteroatoms. The molecule has 150 valence electrons. The first-order valence-corrected chi connectivity index (χ1v) is 9.97. The first-order valence-electron chi connectivity index (χ1n) is 9.97. The molecule has 2 saturated heterocycles. The van der Waals surface area contributed by atoms with E-state index in [1.165, 1.54) is 6.42 Å². The van der Waals surface area contributed by atoms with Gasteiger partial charge in [0, 0.05) is 18.1 Å². The minimum Gasteiger partial charge on any atom is -0.311 e. The molecule has 0 spiro atoms. The molecule has 0 amide bonds. The van der Waals surface area contributed by atoms with Gasteiger partial charge in [-0.1, -0.05) is 19.1 Å². The average Bonchev–Trinajstić information content (AvgIpc) is 2.71. The number of hydrogen-bond acceptors (Lipinski definition) is 6. The predicted octanol–water partition coefficient (Wildman–Crippen LogP) is 0.722. The molecular formula is C20H22N6O3. The maximum Gasteiger partial charge on any atom is 0.351 e. The SMILES string of the molecule is CC1CCC2CC(n3c(=O)c(-n4ncc(=O)[nH]c4=O)nc4ccccc43)CC1N2. The molecule has 4 heterocycles. The standard InChI is InChI=1S/C20H22N6O3/c1-11-6-7-12-8-13(9-15(11)22-12)25-16-5-3-2-4-14(16)23-18(19(25)28)26-20(29)24-17(27)10-21-26/h2-5,10-13,15,22H,6-9H2,1H3,(H,24,27,29). The molecule has 2 fully saturated rings. The fourth-order valence-corrected chi connectivity index (χ4v) is 4.78. The van der Waals surface area contributed by atoms with Crippen LogP contribution in [0.3, 0.4) is 0 Å². The lowest BCUT2D eigenvalue weighted by atomic mass is 9.78. The van der Waals surface area contributed by atoms with Crippen molar-refractivity contribution in [3.63, 3.8) is 0 Å². The fraction of sp³-hybridized carbons (Fsp3) is 0.450. The van der Waals surface area contributed by atoms with Gasteiger partial charge in [0.15, 0.2) is 0 Å². The van der Waals surface area contributed by atoms with Crippen LogP contribution in [-0.2, 0) is 0 Å². The molecule has 2 aliphatic heterocycles. The Kier molecular flexibility index (Phi) is 4.20. The number of aromatic amines is 1. The zero-order valence-electron chi connectivity index (χ0n) is 16.0. The number of piperidine rings is 2. The van der Waals surface area contributed by atoms with E-state index < -0.39 is 11.2 Å². The number of nitrogens with one attached hydrogen (secondary N) is 2. The third kappa shape index (κ3) is 3.02. The summed E-state index contributed by atoms with van der Waals surface area (Å²) >= 11 is 0. The maximum absolute atomic E-state index is 13.5. The molecule has 29 heavy (non-hydrogen) atoms. The Morgan fingerprint density at radius 3 is 2.76 bits per heavy atom. The summed E-state index contributed by atoms with van der Waals surface area (Å²) in [5.74, 6) is 0.461. The molecule has 4 atom stereocenters. The molecule has 4 unspecified atom stereocenters. The number of H-pyrrole nitrogens is 1. The van der Waals surface area contributed by atoms with Crippen molar-refractivity contribution in [2.75, 3.05) is 0 Å². The van der Waals surface area contributed by atoms with Crippen LogP contribution in [0.4, 0.5) is 0 Å². The second-order valence-electron chi connectivity index (χ2n) is 8.10. The van der Waals surface area contributed by atoms with Gasteiger partial charge in [-0.25, -0.2) is 9.78 Å². The van der Waals surface area contributed by atoms with E-state index in [0.717, 1.165) is 35.7 Å². The lowest BCUT2D eigenvalue weighted by molar-refractivity contribution is 0.144. The van der Waals surface area contributed by atoms with Crippen LogP contribution in [-0.4, -0.2) is 36.4 Å². The molecular weight excluding hydrogens is 372 g/mol. The number of fused-ring (bicyclic) bond motifs is 3. The van der Waals surface area contributed by atoms with Gasteiger partial charge in [-0.15, -0.1) is 0 Å². The van der Waals surface area contributed by atoms with E-state index >= 15 is 0 Å². The molecule has 0 radical (unpaired) electrons. The van der Waals surface area contributed by atoms with Gasteiger partial charge in [-0.05, 0) is 43.7 Å². The van der Waals surface area contributed by atoms with E-state index in [1.54, 1.807) is 4.57 Å². The predicted molar refractivity (Wildman–Crippen MR) is 107 cm³/mol. The first kappa shape index (κ1) is 18.0. The molecule has 0 aliphatic carbocycles. The van der Waals surface area contributed by atoms with Crippen molar-refractivity contribution < 1.29 is 0 Å². The van der Waals surface area contributed by atoms with Gasteiger partial charge in [0.2, 0.25) is 5.82 Å². The Bertz CT molecular complexity index is 1260. The third-order valence-electron chi connectivity index (χ3n) is 6.25. The quantitative estimate of drug-likeness (QED) is 0.662. The van der Waals surface area contributed by atoms with Gasteiger partial charge in [-0.3, -0.25) is 14.6 Å². The molecule has 2 N–H and O–H groups in total. The van der Waals surface area contributed by atoms with Gasteiger partial charge in [0.25, 0.3) is 11.1 Å². The Hall–Kier alpha value is -3.07. The van der Waals surface area contributed by atoms with Crippen molar-refractivity contribution >= 4 is 11.0 Å². The van der Waals surface area contributed by atoms with Gasteiger partial charge >= 0.3 is 5.69 Å². The van der Waals surface area contributed by atoms with E-state index in [2.05, 4.69) is 27.3 Å². The molecule has 9 nitrogen and oxygen atoms in total. The summed E-state index contributed by atoms with van der Waals surface area (Å²) < 4.78 is 2.65. The number of hydrogen-bond donors (Lipinski definition) is 2. The van der Waals surface area contributed by atoms with Crippen LogP contribution in [0, 0.1) is 5.92 Å². The average molecular weight is 394 g/mol. The number of para-hydroxylation sites is 2. The van der Waals surface area contributed by atoms with Gasteiger partial charge in [-0.2, -0.15) is 9.78 Å². The largest absolute Gasteiger partial charge is 0.351 e. The van der Waals surface area contributed by atoms with Crippen LogP contribution in [0.15, 0.2) is 44.8 Å². The summed E-state index contributed by atoms with van der Waals surface area (Å²) in [5.41, 5.74) is -0.412. The molecule has 0 saturated carbocycles. The lowest BCUT2D eigenvalue weighted by Crippen LogP contribution is -2.53. The van der Waals surface area contributed by atoms with E-state index in [4.69, 9.17) is 0 Å². The highest BCUT2D eigenvalue weighted by molar-refractivity contribution is 5.75. The summed E-state index contributed by atoms with van der Waals surface area (Å²) in [4.78, 5) is 43.7. The minimum atomic E-state index is -0.778. The van der Waals surface area contributed by atoms with Crippen LogP contribution in [0.5, 0.6) is 0 Å². The molecule has 2 bridgehead atoms. The summed E-state index contributed by atoms with van der Waals surface area (Å²) in [5, 5.41) is 7.54. The summed E-state index contributed by atoms with van der Waals surface area (Å²) in [6.45, 7) is 2.25. The van der Waals surface area contributed by atoms with Crippen LogP contribution in [0.1, 0.15) is 38.6 Å². The van der Waals surface area contributed by atoms with Gasteiger partial charge in [0.05, 0.1) is 11.0 Å². The Labute approximate surface area is 165 Å². The van der Waals surface area contributed by atoms with Crippen LogP contribution >= 0.6 is 0 Å². The third-order valence-corrected chi connectivity index (χ3v) is 6.25. The molecule has 3 aromatic rings. The van der Waals surface area contributed by atoms with E-state index in [0.29, 0.717) is 23.5 Å². The highest BCUT2D eigenvalue weighted by Crippen LogP contribution is 2.36. The summed E-state index contributed by atoms with van der Waals surface area (Å²) in [6, 6.07) is 8.18. The fourth-order valence-electron chi connectivity index (χ4n) is 4.78. The molecule has 2 aliphatic rings. The molecule has 2 aromatic heterocycles. The van der Waals surface area contributed by atoms with E-state index in [1.807, 2.05) is 24.3 Å². The van der Waals surface area contributed by atoms with Crippen molar-refractivity contribution in [2.24, 2.45) is 5.92 Å². The first-order chi connectivity index (χ1) is 14.0. The lowest BCUT2D eigenvalue weighted by Gasteiger charge is -2.44. The number of nitrogens with zero attached hydrogens (tertiary/aromatic N) is 4. The van der Waals surface area contributed by atoms with Gasteiger partial charge in [0.1, 0.15) is 6.20 Å². The molecule has 5 rings (SSSR count). The Balaban J connectivity index is 1.72. The van der Waals surface area contributed by atoms with E-state index in [9.17, 15) is 14.4 Å². The normalized spacial score (nSPS) is 26.5. The second kappa shape index (κ2) is 6.77. The number of benzene rings is 1. The smallest absolute Gasteiger partial charge is 0.311 e. The zero-order valence-corrected chi connectivity index (χ0v) is 16.0. The van der Waals surface area contributed by atoms with Crippen LogP contribution in [0.25, 0.3) is 16.9 Å².